The third-order valence-corrected chi connectivity index (χ3v) is 5.34. The van der Waals surface area contributed by atoms with Crippen LogP contribution in [-0.4, -0.2) is 67.0 Å². The Kier molecular flexibility index (Phi) is 8.03. The van der Waals surface area contributed by atoms with E-state index in [1.54, 1.807) is 55.2 Å². The Morgan fingerprint density at radius 2 is 1.86 bits per heavy atom. The molecule has 1 aromatic heterocycles. The average Bonchev–Trinajstić information content (AvgIpc) is 2.75. The van der Waals surface area contributed by atoms with E-state index in [0.29, 0.717) is 23.4 Å². The molecule has 7 nitrogen and oxygen atoms in total. The van der Waals surface area contributed by atoms with Crippen LogP contribution in [0.2, 0.25) is 0 Å². The van der Waals surface area contributed by atoms with E-state index in [1.165, 1.54) is 0 Å². The van der Waals surface area contributed by atoms with Crippen molar-refractivity contribution < 1.29 is 19.1 Å². The van der Waals surface area contributed by atoms with Crippen molar-refractivity contribution in [3.8, 4) is 0 Å². The van der Waals surface area contributed by atoms with Crippen LogP contribution < -0.4 is 5.32 Å². The number of nitrogens with zero attached hydrogens (tertiary/aromatic N) is 2. The number of esters is 1. The molecule has 1 N–H and O–H groups in total. The molecule has 1 fully saturated rings. The number of rotatable bonds is 8. The van der Waals surface area contributed by atoms with Crippen molar-refractivity contribution in [1.82, 2.24) is 9.88 Å². The average molecular weight is 416 g/mol. The lowest BCUT2D eigenvalue weighted by atomic mass is 10.2. The van der Waals surface area contributed by atoms with Gasteiger partial charge in [0.1, 0.15) is 0 Å². The topological polar surface area (TPSA) is 80.8 Å². The van der Waals surface area contributed by atoms with Gasteiger partial charge >= 0.3 is 5.97 Å². The Bertz CT molecular complexity index is 806. The van der Waals surface area contributed by atoms with Crippen molar-refractivity contribution >= 4 is 29.3 Å². The second-order valence-corrected chi connectivity index (χ2v) is 7.55. The molecule has 0 saturated carbocycles. The summed E-state index contributed by atoms with van der Waals surface area (Å²) in [5, 5.41) is 3.70. The van der Waals surface area contributed by atoms with Gasteiger partial charge in [-0.2, -0.15) is 0 Å². The van der Waals surface area contributed by atoms with Crippen LogP contribution in [0.5, 0.6) is 0 Å². The van der Waals surface area contributed by atoms with Crippen molar-refractivity contribution in [2.45, 2.75) is 11.9 Å². The second-order valence-electron chi connectivity index (χ2n) is 6.44. The van der Waals surface area contributed by atoms with Gasteiger partial charge in [-0.3, -0.25) is 9.69 Å². The minimum absolute atomic E-state index is 0.244. The smallest absolute Gasteiger partial charge is 0.338 e. The predicted octanol–water partition coefficient (Wildman–Crippen LogP) is 2.93. The summed E-state index contributed by atoms with van der Waals surface area (Å²) in [6, 6.07) is 10.2. The molecule has 1 aromatic carbocycles. The van der Waals surface area contributed by atoms with E-state index in [-0.39, 0.29) is 11.9 Å². The van der Waals surface area contributed by atoms with Crippen molar-refractivity contribution in [2.75, 3.05) is 50.5 Å². The number of thioether (sulfide) groups is 1. The number of nitrogens with one attached hydrogen (secondary N) is 1. The van der Waals surface area contributed by atoms with Crippen LogP contribution in [0.3, 0.4) is 0 Å². The Balaban J connectivity index is 1.47. The van der Waals surface area contributed by atoms with Crippen LogP contribution in [0.25, 0.3) is 0 Å². The van der Waals surface area contributed by atoms with Gasteiger partial charge in [0.25, 0.3) is 5.91 Å². The highest BCUT2D eigenvalue weighted by atomic mass is 32.2. The van der Waals surface area contributed by atoms with Crippen molar-refractivity contribution in [3.63, 3.8) is 0 Å². The summed E-state index contributed by atoms with van der Waals surface area (Å²) in [6.45, 7) is 6.65. The molecular weight excluding hydrogens is 390 g/mol. The van der Waals surface area contributed by atoms with Crippen LogP contribution in [0.4, 0.5) is 5.69 Å². The maximum atomic E-state index is 12.4. The molecule has 0 atom stereocenters. The first-order chi connectivity index (χ1) is 14.2. The fourth-order valence-electron chi connectivity index (χ4n) is 2.81. The van der Waals surface area contributed by atoms with E-state index in [2.05, 4.69) is 15.2 Å². The van der Waals surface area contributed by atoms with Gasteiger partial charge in [-0.05, 0) is 43.3 Å². The van der Waals surface area contributed by atoms with Gasteiger partial charge in [0, 0.05) is 37.3 Å². The first kappa shape index (κ1) is 21.3. The van der Waals surface area contributed by atoms with Gasteiger partial charge in [0.2, 0.25) is 0 Å². The van der Waals surface area contributed by atoms with Crippen molar-refractivity contribution in [1.29, 1.82) is 0 Å². The molecule has 1 aliphatic heterocycles. The van der Waals surface area contributed by atoms with Crippen LogP contribution in [0.1, 0.15) is 27.6 Å². The molecule has 29 heavy (non-hydrogen) atoms. The van der Waals surface area contributed by atoms with E-state index in [0.717, 1.165) is 43.6 Å². The van der Waals surface area contributed by atoms with Crippen LogP contribution in [0, 0.1) is 0 Å². The third-order valence-electron chi connectivity index (χ3n) is 4.41. The Hall–Kier alpha value is -2.42. The molecule has 2 aromatic rings. The van der Waals surface area contributed by atoms with Gasteiger partial charge in [-0.15, -0.1) is 11.8 Å². The largest absolute Gasteiger partial charge is 0.462 e. The maximum Gasteiger partial charge on any atom is 0.338 e. The van der Waals surface area contributed by atoms with Crippen LogP contribution in [0.15, 0.2) is 47.6 Å². The summed E-state index contributed by atoms with van der Waals surface area (Å²) in [4.78, 5) is 30.8. The Morgan fingerprint density at radius 1 is 1.14 bits per heavy atom. The molecule has 0 unspecified atom stereocenters. The maximum absolute atomic E-state index is 12.4. The monoisotopic (exact) mass is 415 g/mol. The molecule has 8 heteroatoms. The van der Waals surface area contributed by atoms with Crippen LogP contribution >= 0.6 is 11.8 Å². The number of morpholine rings is 1. The summed E-state index contributed by atoms with van der Waals surface area (Å²) in [5.74, 6) is 0.327. The molecule has 0 radical (unpaired) electrons. The summed E-state index contributed by atoms with van der Waals surface area (Å²) in [5.41, 5.74) is 1.54. The number of hydrogen-bond donors (Lipinski definition) is 1. The highest BCUT2D eigenvalue weighted by Gasteiger charge is 2.11. The normalized spacial score (nSPS) is 14.4. The molecule has 2 heterocycles. The summed E-state index contributed by atoms with van der Waals surface area (Å²) >= 11 is 1.68. The van der Waals surface area contributed by atoms with Gasteiger partial charge in [-0.25, -0.2) is 9.78 Å². The molecular formula is C21H25N3O4S. The number of carbonyl (C=O) groups excluding carboxylic acids is 2. The van der Waals surface area contributed by atoms with Gasteiger partial charge < -0.3 is 14.8 Å². The number of anilines is 1. The number of ether oxygens (including phenoxy) is 2. The standard InChI is InChI=1S/C21H25N3O4S/c1-2-28-21(26)16-3-6-18(7-4-16)23-20(25)17-5-8-19(22-15-17)29-14-11-24-9-12-27-13-10-24/h3-8,15H,2,9-14H2,1H3,(H,23,25). The van der Waals surface area contributed by atoms with E-state index >= 15 is 0 Å². The molecule has 0 aliphatic carbocycles. The number of pyridine rings is 1. The second kappa shape index (κ2) is 10.9. The molecule has 154 valence electrons. The number of carbonyl (C=O) groups is 2. The minimum Gasteiger partial charge on any atom is -0.462 e. The van der Waals surface area contributed by atoms with E-state index in [9.17, 15) is 9.59 Å². The third kappa shape index (κ3) is 6.56. The zero-order valence-electron chi connectivity index (χ0n) is 16.4. The SMILES string of the molecule is CCOC(=O)c1ccc(NC(=O)c2ccc(SCCN3CCOCC3)nc2)cc1. The molecule has 1 saturated heterocycles. The fraction of sp³-hybridized carbons (Fsp3) is 0.381. The highest BCUT2D eigenvalue weighted by Crippen LogP contribution is 2.17. The predicted molar refractivity (Wildman–Crippen MR) is 113 cm³/mol. The van der Waals surface area contributed by atoms with Crippen molar-refractivity contribution in [3.05, 3.63) is 53.7 Å². The van der Waals surface area contributed by atoms with E-state index in [4.69, 9.17) is 9.47 Å². The molecule has 0 bridgehead atoms. The van der Waals surface area contributed by atoms with Gasteiger partial charge in [0.05, 0.1) is 36.0 Å². The lowest BCUT2D eigenvalue weighted by Crippen LogP contribution is -2.37. The first-order valence-electron chi connectivity index (χ1n) is 9.63. The summed E-state index contributed by atoms with van der Waals surface area (Å²) in [6.07, 6.45) is 1.58. The summed E-state index contributed by atoms with van der Waals surface area (Å²) < 4.78 is 10.3. The minimum atomic E-state index is -0.378. The van der Waals surface area contributed by atoms with Crippen molar-refractivity contribution in [2.24, 2.45) is 0 Å². The number of amides is 1. The van der Waals surface area contributed by atoms with Crippen LogP contribution in [-0.2, 0) is 9.47 Å². The number of hydrogen-bond acceptors (Lipinski definition) is 7. The highest BCUT2D eigenvalue weighted by molar-refractivity contribution is 7.99. The fourth-order valence-corrected chi connectivity index (χ4v) is 3.66. The lowest BCUT2D eigenvalue weighted by molar-refractivity contribution is 0.0410. The molecule has 1 aliphatic rings. The lowest BCUT2D eigenvalue weighted by Gasteiger charge is -2.26. The van der Waals surface area contributed by atoms with E-state index < -0.39 is 0 Å². The quantitative estimate of drug-likeness (QED) is 0.524. The Morgan fingerprint density at radius 3 is 2.52 bits per heavy atom. The summed E-state index contributed by atoms with van der Waals surface area (Å²) in [7, 11) is 0. The van der Waals surface area contributed by atoms with Gasteiger partial charge in [-0.1, -0.05) is 0 Å². The first-order valence-corrected chi connectivity index (χ1v) is 10.6. The molecule has 3 rings (SSSR count). The number of aromatic nitrogens is 1. The molecule has 0 spiro atoms. The van der Waals surface area contributed by atoms with Gasteiger partial charge in [0.15, 0.2) is 0 Å². The Labute approximate surface area is 174 Å². The number of benzene rings is 1. The zero-order chi connectivity index (χ0) is 20.5. The molecule has 1 amide bonds. The van der Waals surface area contributed by atoms with E-state index in [1.807, 2.05) is 6.07 Å². The zero-order valence-corrected chi connectivity index (χ0v) is 17.2.